The molecule has 0 radical (unpaired) electrons. The Labute approximate surface area is 151 Å². The zero-order chi connectivity index (χ0) is 18.6. The van der Waals surface area contributed by atoms with Crippen LogP contribution in [0.1, 0.15) is 15.9 Å². The number of alkyl halides is 3. The van der Waals surface area contributed by atoms with Gasteiger partial charge in [0.05, 0.1) is 5.69 Å². The summed E-state index contributed by atoms with van der Waals surface area (Å²) in [5.41, 5.74) is 2.58. The Bertz CT molecular complexity index is 895. The maximum absolute atomic E-state index is 12.3. The van der Waals surface area contributed by atoms with Crippen LogP contribution in [0.3, 0.4) is 0 Å². The normalized spacial score (nSPS) is 11.2. The molecular weight excluding hydrogens is 365 g/mol. The molecule has 0 spiro atoms. The van der Waals surface area contributed by atoms with Crippen molar-refractivity contribution in [2.45, 2.75) is 12.9 Å². The summed E-state index contributed by atoms with van der Waals surface area (Å²) in [6.07, 6.45) is -3.14. The standard InChI is InChI=1S/C18H13F3N2O2S/c19-18(20,21)25-15-5-1-3-12(9-15)17(24)23-10-13-4-2-7-22-16(13)14-6-8-26-11-14/h1-9,11H,10H2,(H,23,24). The Morgan fingerprint density at radius 3 is 2.77 bits per heavy atom. The minimum Gasteiger partial charge on any atom is -0.406 e. The molecule has 0 saturated carbocycles. The van der Waals surface area contributed by atoms with E-state index >= 15 is 0 Å². The van der Waals surface area contributed by atoms with E-state index in [1.165, 1.54) is 23.5 Å². The van der Waals surface area contributed by atoms with Crippen molar-refractivity contribution in [1.29, 1.82) is 0 Å². The maximum Gasteiger partial charge on any atom is 0.573 e. The smallest absolute Gasteiger partial charge is 0.406 e. The highest BCUT2D eigenvalue weighted by molar-refractivity contribution is 7.08. The number of nitrogens with one attached hydrogen (secondary N) is 1. The number of carbonyl (C=O) groups excluding carboxylic acids is 1. The van der Waals surface area contributed by atoms with Gasteiger partial charge in [-0.05, 0) is 41.3 Å². The second kappa shape index (κ2) is 7.57. The Kier molecular flexibility index (Phi) is 5.22. The zero-order valence-corrected chi connectivity index (χ0v) is 14.1. The van der Waals surface area contributed by atoms with E-state index in [-0.39, 0.29) is 12.1 Å². The fraction of sp³-hybridized carbons (Fsp3) is 0.111. The first kappa shape index (κ1) is 17.9. The molecule has 3 rings (SSSR count). The maximum atomic E-state index is 12.3. The van der Waals surface area contributed by atoms with Gasteiger partial charge in [0.25, 0.3) is 5.91 Å². The molecule has 0 aliphatic heterocycles. The number of aromatic nitrogens is 1. The van der Waals surface area contributed by atoms with Gasteiger partial charge in [0.15, 0.2) is 0 Å². The Hall–Kier alpha value is -2.87. The summed E-state index contributed by atoms with van der Waals surface area (Å²) in [5, 5.41) is 6.57. The van der Waals surface area contributed by atoms with Gasteiger partial charge in [-0.2, -0.15) is 11.3 Å². The van der Waals surface area contributed by atoms with Gasteiger partial charge in [-0.15, -0.1) is 13.2 Å². The third-order valence-electron chi connectivity index (χ3n) is 3.46. The van der Waals surface area contributed by atoms with Crippen molar-refractivity contribution in [3.05, 3.63) is 70.5 Å². The first-order valence-corrected chi connectivity index (χ1v) is 8.47. The number of pyridine rings is 1. The molecule has 2 heterocycles. The lowest BCUT2D eigenvalue weighted by Gasteiger charge is -2.11. The number of thiophene rings is 1. The second-order valence-corrected chi connectivity index (χ2v) is 6.06. The van der Waals surface area contributed by atoms with Crippen LogP contribution >= 0.6 is 11.3 Å². The average Bonchev–Trinajstić information content (AvgIpc) is 3.13. The van der Waals surface area contributed by atoms with Crippen molar-refractivity contribution >= 4 is 17.2 Å². The molecule has 26 heavy (non-hydrogen) atoms. The number of hydrogen-bond acceptors (Lipinski definition) is 4. The predicted molar refractivity (Wildman–Crippen MR) is 91.8 cm³/mol. The first-order valence-electron chi connectivity index (χ1n) is 7.53. The lowest BCUT2D eigenvalue weighted by atomic mass is 10.1. The fourth-order valence-corrected chi connectivity index (χ4v) is 2.99. The van der Waals surface area contributed by atoms with Crippen molar-refractivity contribution in [3.8, 4) is 17.0 Å². The monoisotopic (exact) mass is 378 g/mol. The molecule has 134 valence electrons. The minimum atomic E-state index is -4.81. The van der Waals surface area contributed by atoms with Crippen molar-refractivity contribution in [2.75, 3.05) is 0 Å². The van der Waals surface area contributed by atoms with E-state index in [1.54, 1.807) is 12.3 Å². The van der Waals surface area contributed by atoms with Gasteiger partial charge in [0, 0.05) is 29.2 Å². The highest BCUT2D eigenvalue weighted by Gasteiger charge is 2.31. The van der Waals surface area contributed by atoms with E-state index in [9.17, 15) is 18.0 Å². The van der Waals surface area contributed by atoms with Crippen molar-refractivity contribution < 1.29 is 22.7 Å². The van der Waals surface area contributed by atoms with Crippen LogP contribution < -0.4 is 10.1 Å². The first-order chi connectivity index (χ1) is 12.4. The molecule has 2 aromatic heterocycles. The quantitative estimate of drug-likeness (QED) is 0.704. The largest absolute Gasteiger partial charge is 0.573 e. The highest BCUT2D eigenvalue weighted by Crippen LogP contribution is 2.25. The molecule has 0 aliphatic carbocycles. The van der Waals surface area contributed by atoms with Crippen LogP contribution in [0.25, 0.3) is 11.3 Å². The summed E-state index contributed by atoms with van der Waals surface area (Å²) in [5.74, 6) is -0.941. The van der Waals surface area contributed by atoms with Crippen LogP contribution in [0.5, 0.6) is 5.75 Å². The van der Waals surface area contributed by atoms with Crippen LogP contribution in [-0.2, 0) is 6.54 Å². The van der Waals surface area contributed by atoms with E-state index in [0.717, 1.165) is 29.0 Å². The summed E-state index contributed by atoms with van der Waals surface area (Å²) in [7, 11) is 0. The van der Waals surface area contributed by atoms with Gasteiger partial charge in [-0.1, -0.05) is 12.1 Å². The molecule has 0 unspecified atom stereocenters. The number of halogens is 3. The Morgan fingerprint density at radius 1 is 1.19 bits per heavy atom. The molecule has 0 atom stereocenters. The predicted octanol–water partition coefficient (Wildman–Crippen LogP) is 4.64. The number of ether oxygens (including phenoxy) is 1. The summed E-state index contributed by atoms with van der Waals surface area (Å²) in [6, 6.07) is 10.5. The van der Waals surface area contributed by atoms with Crippen LogP contribution in [-0.4, -0.2) is 17.3 Å². The topological polar surface area (TPSA) is 51.2 Å². The molecule has 1 N–H and O–H groups in total. The van der Waals surface area contributed by atoms with Gasteiger partial charge in [-0.3, -0.25) is 9.78 Å². The minimum absolute atomic E-state index is 0.0766. The van der Waals surface area contributed by atoms with E-state index in [1.807, 2.05) is 22.9 Å². The number of hydrogen-bond donors (Lipinski definition) is 1. The van der Waals surface area contributed by atoms with Crippen molar-refractivity contribution in [1.82, 2.24) is 10.3 Å². The van der Waals surface area contributed by atoms with Gasteiger partial charge < -0.3 is 10.1 Å². The van der Waals surface area contributed by atoms with Crippen molar-refractivity contribution in [2.24, 2.45) is 0 Å². The summed E-state index contributed by atoms with van der Waals surface area (Å²) < 4.78 is 40.7. The third kappa shape index (κ3) is 4.60. The molecule has 8 heteroatoms. The lowest BCUT2D eigenvalue weighted by Crippen LogP contribution is -2.23. The zero-order valence-electron chi connectivity index (χ0n) is 13.3. The molecule has 0 aliphatic rings. The van der Waals surface area contributed by atoms with Crippen LogP contribution in [0, 0.1) is 0 Å². The molecule has 4 nitrogen and oxygen atoms in total. The Morgan fingerprint density at radius 2 is 2.04 bits per heavy atom. The summed E-state index contributed by atoms with van der Waals surface area (Å²) >= 11 is 1.54. The average molecular weight is 378 g/mol. The summed E-state index contributed by atoms with van der Waals surface area (Å²) in [6.45, 7) is 0.197. The molecular formula is C18H13F3N2O2S. The molecule has 0 saturated heterocycles. The number of amides is 1. The Balaban J connectivity index is 1.71. The molecule has 1 aromatic carbocycles. The van der Waals surface area contributed by atoms with E-state index in [0.29, 0.717) is 0 Å². The van der Waals surface area contributed by atoms with Gasteiger partial charge in [0.1, 0.15) is 5.75 Å². The third-order valence-corrected chi connectivity index (χ3v) is 4.14. The lowest BCUT2D eigenvalue weighted by molar-refractivity contribution is -0.274. The summed E-state index contributed by atoms with van der Waals surface area (Å²) in [4.78, 5) is 16.6. The van der Waals surface area contributed by atoms with E-state index in [2.05, 4.69) is 15.0 Å². The van der Waals surface area contributed by atoms with Gasteiger partial charge >= 0.3 is 6.36 Å². The van der Waals surface area contributed by atoms with Crippen LogP contribution in [0.15, 0.2) is 59.4 Å². The SMILES string of the molecule is O=C(NCc1cccnc1-c1ccsc1)c1cccc(OC(F)(F)F)c1. The second-order valence-electron chi connectivity index (χ2n) is 5.28. The molecule has 1 amide bonds. The van der Waals surface area contributed by atoms with Crippen LogP contribution in [0.4, 0.5) is 13.2 Å². The van der Waals surface area contributed by atoms with Crippen molar-refractivity contribution in [3.63, 3.8) is 0 Å². The number of rotatable bonds is 5. The van der Waals surface area contributed by atoms with Gasteiger partial charge in [0.2, 0.25) is 0 Å². The van der Waals surface area contributed by atoms with Gasteiger partial charge in [-0.25, -0.2) is 0 Å². The van der Waals surface area contributed by atoms with Crippen LogP contribution in [0.2, 0.25) is 0 Å². The fourth-order valence-electron chi connectivity index (χ4n) is 2.35. The van der Waals surface area contributed by atoms with E-state index in [4.69, 9.17) is 0 Å². The highest BCUT2D eigenvalue weighted by atomic mass is 32.1. The molecule has 0 bridgehead atoms. The molecule has 3 aromatic rings. The number of carbonyl (C=O) groups is 1. The number of benzene rings is 1. The molecule has 0 fully saturated rings. The number of nitrogens with zero attached hydrogens (tertiary/aromatic N) is 1. The van der Waals surface area contributed by atoms with E-state index < -0.39 is 18.0 Å².